The molecule has 5 heteroatoms. The van der Waals surface area contributed by atoms with Crippen LogP contribution in [0.25, 0.3) is 0 Å². The quantitative estimate of drug-likeness (QED) is 0.742. The molecule has 0 bridgehead atoms. The number of hydrogen-bond donors (Lipinski definition) is 0. The van der Waals surface area contributed by atoms with Crippen molar-refractivity contribution in [3.63, 3.8) is 0 Å². The first kappa shape index (κ1) is 14.1. The lowest BCUT2D eigenvalue weighted by atomic mass is 10.0. The zero-order valence-electron chi connectivity index (χ0n) is 11.8. The van der Waals surface area contributed by atoms with Gasteiger partial charge in [-0.15, -0.1) is 11.3 Å². The van der Waals surface area contributed by atoms with E-state index in [-0.39, 0.29) is 11.9 Å². The number of hydrogen-bond acceptors (Lipinski definition) is 4. The van der Waals surface area contributed by atoms with Crippen molar-refractivity contribution in [2.45, 2.75) is 46.3 Å². The number of thiophene rings is 1. The standard InChI is InChI=1S/C14H19NO3S/c1-9(16)11-8-19-12-7-15(6-5-10(11)12)13(17)18-14(2,3)4/h8H,5-7H2,1-4H3. The molecule has 0 fully saturated rings. The first-order valence-corrected chi connectivity index (χ1v) is 7.24. The highest BCUT2D eigenvalue weighted by Crippen LogP contribution is 2.29. The molecular formula is C14H19NO3S. The van der Waals surface area contributed by atoms with E-state index in [0.29, 0.717) is 13.1 Å². The van der Waals surface area contributed by atoms with Crippen LogP contribution in [0, 0.1) is 0 Å². The molecule has 1 aromatic rings. The van der Waals surface area contributed by atoms with Gasteiger partial charge in [-0.2, -0.15) is 0 Å². The van der Waals surface area contributed by atoms with Crippen LogP contribution in [0.3, 0.4) is 0 Å². The molecule has 1 amide bonds. The Balaban J connectivity index is 2.11. The average Bonchev–Trinajstić information content (AvgIpc) is 2.68. The number of carbonyl (C=O) groups excluding carboxylic acids is 2. The number of nitrogens with zero attached hydrogens (tertiary/aromatic N) is 1. The van der Waals surface area contributed by atoms with Crippen LogP contribution in [-0.2, 0) is 17.7 Å². The Hall–Kier alpha value is -1.36. The summed E-state index contributed by atoms with van der Waals surface area (Å²) in [5, 5.41) is 1.89. The van der Waals surface area contributed by atoms with E-state index in [1.165, 1.54) is 0 Å². The van der Waals surface area contributed by atoms with E-state index in [4.69, 9.17) is 4.74 Å². The molecular weight excluding hydrogens is 262 g/mol. The van der Waals surface area contributed by atoms with E-state index < -0.39 is 5.60 Å². The van der Waals surface area contributed by atoms with E-state index in [0.717, 1.165) is 22.4 Å². The molecule has 1 aromatic heterocycles. The van der Waals surface area contributed by atoms with Gasteiger partial charge < -0.3 is 9.64 Å². The predicted octanol–water partition coefficient (Wildman–Crippen LogP) is 3.24. The topological polar surface area (TPSA) is 46.6 Å². The van der Waals surface area contributed by atoms with Gasteiger partial charge in [0.2, 0.25) is 0 Å². The number of rotatable bonds is 1. The van der Waals surface area contributed by atoms with Crippen molar-refractivity contribution in [1.29, 1.82) is 0 Å². The minimum atomic E-state index is -0.475. The Kier molecular flexibility index (Phi) is 3.67. The highest BCUT2D eigenvalue weighted by molar-refractivity contribution is 7.10. The third-order valence-electron chi connectivity index (χ3n) is 2.98. The normalized spacial score (nSPS) is 15.1. The van der Waals surface area contributed by atoms with Crippen LogP contribution < -0.4 is 0 Å². The molecule has 104 valence electrons. The lowest BCUT2D eigenvalue weighted by Crippen LogP contribution is -2.39. The lowest BCUT2D eigenvalue weighted by Gasteiger charge is -2.30. The predicted molar refractivity (Wildman–Crippen MR) is 74.7 cm³/mol. The van der Waals surface area contributed by atoms with Crippen LogP contribution in [0.1, 0.15) is 48.5 Å². The Labute approximate surface area is 117 Å². The lowest BCUT2D eigenvalue weighted by molar-refractivity contribution is 0.0226. The molecule has 0 saturated heterocycles. The zero-order valence-corrected chi connectivity index (χ0v) is 12.6. The number of carbonyl (C=O) groups is 2. The maximum absolute atomic E-state index is 12.0. The molecule has 19 heavy (non-hydrogen) atoms. The number of ether oxygens (including phenoxy) is 1. The second-order valence-electron chi connectivity index (χ2n) is 5.76. The smallest absolute Gasteiger partial charge is 0.410 e. The van der Waals surface area contributed by atoms with Gasteiger partial charge in [0.15, 0.2) is 5.78 Å². The van der Waals surface area contributed by atoms with Crippen LogP contribution in [0.5, 0.6) is 0 Å². The first-order valence-electron chi connectivity index (χ1n) is 6.36. The molecule has 0 N–H and O–H groups in total. The molecule has 2 heterocycles. The van der Waals surface area contributed by atoms with Crippen molar-refractivity contribution < 1.29 is 14.3 Å². The summed E-state index contributed by atoms with van der Waals surface area (Å²) in [6.07, 6.45) is 0.448. The van der Waals surface area contributed by atoms with Crippen molar-refractivity contribution in [1.82, 2.24) is 4.90 Å². The van der Waals surface area contributed by atoms with Crippen molar-refractivity contribution in [3.8, 4) is 0 Å². The monoisotopic (exact) mass is 281 g/mol. The molecule has 1 aliphatic heterocycles. The van der Waals surface area contributed by atoms with Gasteiger partial charge in [-0.25, -0.2) is 4.79 Å². The number of amides is 1. The SMILES string of the molecule is CC(=O)c1csc2c1CCN(C(=O)OC(C)(C)C)C2. The van der Waals surface area contributed by atoms with E-state index in [9.17, 15) is 9.59 Å². The van der Waals surface area contributed by atoms with Crippen molar-refractivity contribution >= 4 is 23.2 Å². The van der Waals surface area contributed by atoms with Crippen LogP contribution in [0.2, 0.25) is 0 Å². The maximum Gasteiger partial charge on any atom is 0.410 e. The summed E-state index contributed by atoms with van der Waals surface area (Å²) in [7, 11) is 0. The highest BCUT2D eigenvalue weighted by Gasteiger charge is 2.28. The number of Topliss-reactive ketones (excluding diaryl/α,β-unsaturated/α-hetero) is 1. The minimum Gasteiger partial charge on any atom is -0.444 e. The second kappa shape index (κ2) is 4.96. The van der Waals surface area contributed by atoms with Gasteiger partial charge in [-0.05, 0) is 39.7 Å². The summed E-state index contributed by atoms with van der Waals surface area (Å²) < 4.78 is 5.37. The number of ketones is 1. The fourth-order valence-corrected chi connectivity index (χ4v) is 3.26. The largest absolute Gasteiger partial charge is 0.444 e. The van der Waals surface area contributed by atoms with Gasteiger partial charge >= 0.3 is 6.09 Å². The molecule has 0 atom stereocenters. The van der Waals surface area contributed by atoms with Gasteiger partial charge in [-0.1, -0.05) is 0 Å². The Morgan fingerprint density at radius 2 is 2.05 bits per heavy atom. The van der Waals surface area contributed by atoms with E-state index in [2.05, 4.69) is 0 Å². The van der Waals surface area contributed by atoms with Crippen LogP contribution in [-0.4, -0.2) is 28.9 Å². The van der Waals surface area contributed by atoms with Crippen LogP contribution >= 0.6 is 11.3 Å². The first-order chi connectivity index (χ1) is 8.78. The third-order valence-corrected chi connectivity index (χ3v) is 3.99. The fraction of sp³-hybridized carbons (Fsp3) is 0.571. The van der Waals surface area contributed by atoms with E-state index in [1.54, 1.807) is 23.2 Å². The van der Waals surface area contributed by atoms with Crippen LogP contribution in [0.4, 0.5) is 4.79 Å². The summed E-state index contributed by atoms with van der Waals surface area (Å²) >= 11 is 1.55. The number of fused-ring (bicyclic) bond motifs is 1. The summed E-state index contributed by atoms with van der Waals surface area (Å²) in [5.74, 6) is 0.100. The minimum absolute atomic E-state index is 0.100. The van der Waals surface area contributed by atoms with Gasteiger partial charge in [0, 0.05) is 22.4 Å². The van der Waals surface area contributed by atoms with Crippen molar-refractivity contribution in [3.05, 3.63) is 21.4 Å². The van der Waals surface area contributed by atoms with Gasteiger partial charge in [0.05, 0.1) is 6.54 Å². The molecule has 1 aliphatic rings. The molecule has 0 saturated carbocycles. The zero-order chi connectivity index (χ0) is 14.2. The van der Waals surface area contributed by atoms with E-state index in [1.807, 2.05) is 26.2 Å². The summed E-state index contributed by atoms with van der Waals surface area (Å²) in [5.41, 5.74) is 1.44. The van der Waals surface area contributed by atoms with Crippen LogP contribution in [0.15, 0.2) is 5.38 Å². The molecule has 2 rings (SSSR count). The summed E-state index contributed by atoms with van der Waals surface area (Å²) in [6, 6.07) is 0. The molecule has 0 spiro atoms. The maximum atomic E-state index is 12.0. The Bertz CT molecular complexity index is 513. The van der Waals surface area contributed by atoms with Crippen molar-refractivity contribution in [2.24, 2.45) is 0 Å². The summed E-state index contributed by atoms with van der Waals surface area (Å²) in [6.45, 7) is 8.32. The Morgan fingerprint density at radius 3 is 2.63 bits per heavy atom. The van der Waals surface area contributed by atoms with Crippen molar-refractivity contribution in [2.75, 3.05) is 6.54 Å². The second-order valence-corrected chi connectivity index (χ2v) is 6.72. The van der Waals surface area contributed by atoms with E-state index >= 15 is 0 Å². The molecule has 0 aromatic carbocycles. The Morgan fingerprint density at radius 1 is 1.37 bits per heavy atom. The molecule has 0 radical (unpaired) electrons. The fourth-order valence-electron chi connectivity index (χ4n) is 2.11. The summed E-state index contributed by atoms with van der Waals surface area (Å²) in [4.78, 5) is 26.3. The molecule has 0 unspecified atom stereocenters. The molecule has 4 nitrogen and oxygen atoms in total. The van der Waals surface area contributed by atoms with Gasteiger partial charge in [0.1, 0.15) is 5.60 Å². The van der Waals surface area contributed by atoms with Gasteiger partial charge in [-0.3, -0.25) is 4.79 Å². The average molecular weight is 281 g/mol. The highest BCUT2D eigenvalue weighted by atomic mass is 32.1. The third kappa shape index (κ3) is 3.15. The molecule has 0 aliphatic carbocycles. The van der Waals surface area contributed by atoms with Gasteiger partial charge in [0.25, 0.3) is 0 Å².